The third-order valence-corrected chi connectivity index (χ3v) is 5.27. The summed E-state index contributed by atoms with van der Waals surface area (Å²) in [7, 11) is 0. The van der Waals surface area contributed by atoms with Crippen LogP contribution in [0, 0.1) is 10.1 Å². The lowest BCUT2D eigenvalue weighted by Crippen LogP contribution is -2.26. The first-order valence-corrected chi connectivity index (χ1v) is 9.84. The summed E-state index contributed by atoms with van der Waals surface area (Å²) in [6, 6.07) is 20.8. The molecule has 0 aromatic heterocycles. The second-order valence-corrected chi connectivity index (χ2v) is 7.18. The van der Waals surface area contributed by atoms with Crippen molar-refractivity contribution in [1.29, 1.82) is 0 Å². The molecule has 0 saturated carbocycles. The van der Waals surface area contributed by atoms with Crippen LogP contribution in [-0.2, 0) is 4.74 Å². The van der Waals surface area contributed by atoms with E-state index in [9.17, 15) is 14.9 Å². The molecule has 4 rings (SSSR count). The van der Waals surface area contributed by atoms with Crippen molar-refractivity contribution in [2.75, 3.05) is 18.9 Å². The van der Waals surface area contributed by atoms with Crippen molar-refractivity contribution in [3.8, 4) is 11.1 Å². The summed E-state index contributed by atoms with van der Waals surface area (Å²) in [5.41, 5.74) is 11.0. The van der Waals surface area contributed by atoms with Crippen molar-refractivity contribution in [3.05, 3.63) is 99.6 Å². The summed E-state index contributed by atoms with van der Waals surface area (Å²) in [4.78, 5) is 22.4. The van der Waals surface area contributed by atoms with Crippen molar-refractivity contribution in [3.63, 3.8) is 0 Å². The number of anilines is 1. The zero-order chi connectivity index (χ0) is 21.8. The average molecular weight is 415 g/mol. The van der Waals surface area contributed by atoms with Gasteiger partial charge in [0.05, 0.1) is 4.92 Å². The lowest BCUT2D eigenvalue weighted by Gasteiger charge is -2.14. The lowest BCUT2D eigenvalue weighted by molar-refractivity contribution is -0.383. The van der Waals surface area contributed by atoms with Gasteiger partial charge in [-0.1, -0.05) is 60.7 Å². The van der Waals surface area contributed by atoms with Gasteiger partial charge in [0.2, 0.25) is 0 Å². The van der Waals surface area contributed by atoms with E-state index in [1.54, 1.807) is 18.2 Å². The van der Waals surface area contributed by atoms with Crippen molar-refractivity contribution in [2.45, 2.75) is 5.92 Å². The van der Waals surface area contributed by atoms with E-state index in [1.807, 2.05) is 24.3 Å². The number of amides is 1. The zero-order valence-corrected chi connectivity index (χ0v) is 16.7. The Balaban J connectivity index is 1.32. The fourth-order valence-electron chi connectivity index (χ4n) is 3.83. The van der Waals surface area contributed by atoms with E-state index in [-0.39, 0.29) is 30.4 Å². The Kier molecular flexibility index (Phi) is 5.66. The smallest absolute Gasteiger partial charge is 0.407 e. The van der Waals surface area contributed by atoms with Gasteiger partial charge in [-0.25, -0.2) is 4.79 Å². The second-order valence-electron chi connectivity index (χ2n) is 7.18. The van der Waals surface area contributed by atoms with Crippen LogP contribution in [0.4, 0.5) is 16.2 Å². The Morgan fingerprint density at radius 2 is 1.71 bits per heavy atom. The number of nitrogens with one attached hydrogen (secondary N) is 1. The van der Waals surface area contributed by atoms with Crippen LogP contribution in [0.1, 0.15) is 22.6 Å². The van der Waals surface area contributed by atoms with Crippen LogP contribution >= 0.6 is 0 Å². The zero-order valence-electron chi connectivity index (χ0n) is 16.7. The number of nitro groups is 1. The molecule has 1 aliphatic carbocycles. The summed E-state index contributed by atoms with van der Waals surface area (Å²) in [6.45, 7) is 0.510. The first-order chi connectivity index (χ1) is 15.0. The van der Waals surface area contributed by atoms with E-state index < -0.39 is 11.0 Å². The molecule has 156 valence electrons. The third kappa shape index (κ3) is 4.25. The Hall–Kier alpha value is -4.13. The molecular weight excluding hydrogens is 394 g/mol. The molecule has 3 aromatic rings. The molecule has 1 amide bonds. The topological polar surface area (TPSA) is 107 Å². The van der Waals surface area contributed by atoms with Crippen molar-refractivity contribution in [1.82, 2.24) is 5.32 Å². The molecule has 0 bridgehead atoms. The maximum absolute atomic E-state index is 12.1. The molecule has 0 radical (unpaired) electrons. The minimum absolute atomic E-state index is 0.0109. The largest absolute Gasteiger partial charge is 0.449 e. The van der Waals surface area contributed by atoms with Gasteiger partial charge in [-0.3, -0.25) is 10.1 Å². The summed E-state index contributed by atoms with van der Waals surface area (Å²) < 4.78 is 5.47. The number of carbonyl (C=O) groups excluding carboxylic acids is 1. The highest BCUT2D eigenvalue weighted by molar-refractivity contribution is 5.79. The van der Waals surface area contributed by atoms with Crippen LogP contribution in [0.5, 0.6) is 0 Å². The summed E-state index contributed by atoms with van der Waals surface area (Å²) in [5, 5.41) is 13.5. The molecule has 0 fully saturated rings. The summed E-state index contributed by atoms with van der Waals surface area (Å²) >= 11 is 0. The molecule has 7 heteroatoms. The second kappa shape index (κ2) is 8.71. The number of ether oxygens (including phenoxy) is 1. The van der Waals surface area contributed by atoms with E-state index >= 15 is 0 Å². The van der Waals surface area contributed by atoms with Crippen LogP contribution in [0.25, 0.3) is 17.2 Å². The third-order valence-electron chi connectivity index (χ3n) is 5.27. The average Bonchev–Trinajstić information content (AvgIpc) is 3.09. The molecular formula is C24H21N3O4. The van der Waals surface area contributed by atoms with Gasteiger partial charge in [0.15, 0.2) is 0 Å². The molecule has 0 heterocycles. The van der Waals surface area contributed by atoms with Crippen molar-refractivity contribution >= 4 is 23.5 Å². The minimum atomic E-state index is -0.526. The van der Waals surface area contributed by atoms with Gasteiger partial charge in [0.1, 0.15) is 12.3 Å². The first kappa shape index (κ1) is 20.2. The van der Waals surface area contributed by atoms with Gasteiger partial charge in [0, 0.05) is 18.5 Å². The fourth-order valence-corrected chi connectivity index (χ4v) is 3.83. The highest BCUT2D eigenvalue weighted by atomic mass is 16.6. The minimum Gasteiger partial charge on any atom is -0.449 e. The predicted molar refractivity (Wildman–Crippen MR) is 120 cm³/mol. The monoisotopic (exact) mass is 415 g/mol. The number of alkyl carbamates (subject to hydrolysis) is 1. The Bertz CT molecular complexity index is 1130. The van der Waals surface area contributed by atoms with Gasteiger partial charge in [-0.15, -0.1) is 0 Å². The number of nitrogen functional groups attached to an aromatic ring is 1. The molecule has 0 saturated heterocycles. The molecule has 0 unspecified atom stereocenters. The first-order valence-electron chi connectivity index (χ1n) is 9.84. The van der Waals surface area contributed by atoms with E-state index in [1.165, 1.54) is 23.3 Å². The number of hydrogen-bond donors (Lipinski definition) is 2. The van der Waals surface area contributed by atoms with Crippen LogP contribution in [0.15, 0.2) is 72.8 Å². The van der Waals surface area contributed by atoms with Gasteiger partial charge in [-0.05, 0) is 39.9 Å². The highest BCUT2D eigenvalue weighted by Crippen LogP contribution is 2.44. The number of rotatable bonds is 6. The van der Waals surface area contributed by atoms with Crippen LogP contribution in [-0.4, -0.2) is 24.2 Å². The standard InChI is InChI=1S/C24H21N3O4/c25-22-14-16(11-12-23(22)27(29)30)6-5-13-26-24(28)31-15-21-19-9-3-1-7-17(19)18-8-2-4-10-20(18)21/h1-12,14,21H,13,15,25H2,(H,26,28). The predicted octanol–water partition coefficient (Wildman–Crippen LogP) is 4.73. The van der Waals surface area contributed by atoms with Crippen molar-refractivity contribution in [2.24, 2.45) is 0 Å². The fraction of sp³-hybridized carbons (Fsp3) is 0.125. The number of carbonyl (C=O) groups is 1. The number of nitrogens with zero attached hydrogens (tertiary/aromatic N) is 1. The van der Waals surface area contributed by atoms with E-state index in [0.29, 0.717) is 5.56 Å². The van der Waals surface area contributed by atoms with Crippen molar-refractivity contribution < 1.29 is 14.5 Å². The highest BCUT2D eigenvalue weighted by Gasteiger charge is 2.28. The maximum atomic E-state index is 12.1. The van der Waals surface area contributed by atoms with Crippen LogP contribution in [0.2, 0.25) is 0 Å². The number of fused-ring (bicyclic) bond motifs is 3. The van der Waals surface area contributed by atoms with Gasteiger partial charge < -0.3 is 15.8 Å². The normalized spacial score (nSPS) is 12.4. The maximum Gasteiger partial charge on any atom is 0.407 e. The van der Waals surface area contributed by atoms with E-state index in [4.69, 9.17) is 10.5 Å². The summed E-state index contributed by atoms with van der Waals surface area (Å²) in [6.07, 6.45) is 2.95. The van der Waals surface area contributed by atoms with E-state index in [2.05, 4.69) is 29.6 Å². The number of benzene rings is 3. The molecule has 0 spiro atoms. The Labute approximate surface area is 179 Å². The van der Waals surface area contributed by atoms with Crippen LogP contribution < -0.4 is 11.1 Å². The van der Waals surface area contributed by atoms with Crippen LogP contribution in [0.3, 0.4) is 0 Å². The Morgan fingerprint density at radius 1 is 1.06 bits per heavy atom. The number of nitro benzene ring substituents is 1. The number of nitrogens with two attached hydrogens (primary N) is 1. The summed E-state index contributed by atoms with van der Waals surface area (Å²) in [5.74, 6) is 0.0109. The van der Waals surface area contributed by atoms with Gasteiger partial charge in [0.25, 0.3) is 5.69 Å². The quantitative estimate of drug-likeness (QED) is 0.344. The Morgan fingerprint density at radius 3 is 2.32 bits per heavy atom. The molecule has 0 aliphatic heterocycles. The molecule has 31 heavy (non-hydrogen) atoms. The SMILES string of the molecule is Nc1cc(C=CCNC(=O)OCC2c3ccccc3-c3ccccc32)ccc1[N+](=O)[O-]. The van der Waals surface area contributed by atoms with E-state index in [0.717, 1.165) is 11.1 Å². The van der Waals surface area contributed by atoms with Gasteiger partial charge >= 0.3 is 6.09 Å². The molecule has 1 aliphatic rings. The molecule has 0 atom stereocenters. The number of hydrogen-bond acceptors (Lipinski definition) is 5. The molecule has 3 N–H and O–H groups in total. The lowest BCUT2D eigenvalue weighted by atomic mass is 9.98. The molecule has 7 nitrogen and oxygen atoms in total. The molecule has 3 aromatic carbocycles. The van der Waals surface area contributed by atoms with Gasteiger partial charge in [-0.2, -0.15) is 0 Å².